The van der Waals surface area contributed by atoms with Gasteiger partial charge in [-0.15, -0.1) is 0 Å². The summed E-state index contributed by atoms with van der Waals surface area (Å²) in [5.41, 5.74) is 2.07. The number of hydrogen-bond acceptors (Lipinski definition) is 2. The first-order valence-electron chi connectivity index (χ1n) is 6.62. The molecule has 0 aromatic heterocycles. The SMILES string of the molecule is Cc1cc(NC2CCC(C)C(C)C2)ccc1O. The molecule has 0 bridgehead atoms. The zero-order chi connectivity index (χ0) is 12.4. The lowest BCUT2D eigenvalue weighted by Gasteiger charge is -2.33. The molecule has 2 N–H and O–H groups in total. The summed E-state index contributed by atoms with van der Waals surface area (Å²) >= 11 is 0. The van der Waals surface area contributed by atoms with E-state index in [9.17, 15) is 5.11 Å². The highest BCUT2D eigenvalue weighted by Gasteiger charge is 2.24. The van der Waals surface area contributed by atoms with Crippen LogP contribution in [-0.4, -0.2) is 11.1 Å². The van der Waals surface area contributed by atoms with Crippen molar-refractivity contribution in [2.45, 2.75) is 46.1 Å². The molecule has 1 aromatic rings. The predicted octanol–water partition coefficient (Wildman–Crippen LogP) is 3.94. The van der Waals surface area contributed by atoms with E-state index < -0.39 is 0 Å². The fourth-order valence-corrected chi connectivity index (χ4v) is 2.66. The first-order valence-corrected chi connectivity index (χ1v) is 6.62. The van der Waals surface area contributed by atoms with Crippen LogP contribution in [0, 0.1) is 18.8 Å². The van der Waals surface area contributed by atoms with Gasteiger partial charge in [-0.2, -0.15) is 0 Å². The molecule has 3 unspecified atom stereocenters. The summed E-state index contributed by atoms with van der Waals surface area (Å²) < 4.78 is 0. The van der Waals surface area contributed by atoms with Gasteiger partial charge in [0.2, 0.25) is 0 Å². The minimum absolute atomic E-state index is 0.376. The van der Waals surface area contributed by atoms with Crippen LogP contribution in [0.4, 0.5) is 5.69 Å². The molecule has 0 spiro atoms. The Morgan fingerprint density at radius 2 is 1.94 bits per heavy atom. The van der Waals surface area contributed by atoms with Crippen LogP contribution in [-0.2, 0) is 0 Å². The van der Waals surface area contributed by atoms with Crippen molar-refractivity contribution in [3.63, 3.8) is 0 Å². The highest BCUT2D eigenvalue weighted by atomic mass is 16.3. The summed E-state index contributed by atoms with van der Waals surface area (Å²) in [5.74, 6) is 2.04. The number of hydrogen-bond donors (Lipinski definition) is 2. The van der Waals surface area contributed by atoms with E-state index >= 15 is 0 Å². The van der Waals surface area contributed by atoms with E-state index in [0.717, 1.165) is 23.1 Å². The Labute approximate surface area is 104 Å². The third-order valence-electron chi connectivity index (χ3n) is 4.17. The van der Waals surface area contributed by atoms with Crippen molar-refractivity contribution < 1.29 is 5.11 Å². The third-order valence-corrected chi connectivity index (χ3v) is 4.17. The van der Waals surface area contributed by atoms with Gasteiger partial charge in [0.1, 0.15) is 5.75 Å². The molecule has 2 nitrogen and oxygen atoms in total. The molecule has 0 amide bonds. The summed E-state index contributed by atoms with van der Waals surface area (Å²) in [7, 11) is 0. The molecule has 3 atom stereocenters. The van der Waals surface area contributed by atoms with E-state index in [-0.39, 0.29) is 0 Å². The van der Waals surface area contributed by atoms with Gasteiger partial charge >= 0.3 is 0 Å². The largest absolute Gasteiger partial charge is 0.508 e. The number of phenols is 1. The Morgan fingerprint density at radius 1 is 1.18 bits per heavy atom. The number of rotatable bonds is 2. The monoisotopic (exact) mass is 233 g/mol. The molecule has 1 saturated carbocycles. The highest BCUT2D eigenvalue weighted by Crippen LogP contribution is 2.31. The van der Waals surface area contributed by atoms with Crippen LogP contribution >= 0.6 is 0 Å². The number of aromatic hydroxyl groups is 1. The van der Waals surface area contributed by atoms with Crippen LogP contribution in [0.25, 0.3) is 0 Å². The molecule has 2 heteroatoms. The van der Waals surface area contributed by atoms with Gasteiger partial charge in [0, 0.05) is 11.7 Å². The second-order valence-electron chi connectivity index (χ2n) is 5.61. The number of benzene rings is 1. The quantitative estimate of drug-likeness (QED) is 0.758. The summed E-state index contributed by atoms with van der Waals surface area (Å²) in [6, 6.07) is 6.35. The van der Waals surface area contributed by atoms with Gasteiger partial charge in [-0.1, -0.05) is 13.8 Å². The topological polar surface area (TPSA) is 32.3 Å². The molecule has 1 aliphatic carbocycles. The first-order chi connectivity index (χ1) is 8.06. The van der Waals surface area contributed by atoms with Crippen LogP contribution in [0.3, 0.4) is 0 Å². The number of anilines is 1. The van der Waals surface area contributed by atoms with E-state index in [0.29, 0.717) is 11.8 Å². The van der Waals surface area contributed by atoms with E-state index in [2.05, 4.69) is 19.2 Å². The van der Waals surface area contributed by atoms with E-state index in [4.69, 9.17) is 0 Å². The van der Waals surface area contributed by atoms with Crippen molar-refractivity contribution in [2.24, 2.45) is 11.8 Å². The molecular weight excluding hydrogens is 210 g/mol. The molecule has 0 radical (unpaired) electrons. The van der Waals surface area contributed by atoms with Crippen LogP contribution in [0.15, 0.2) is 18.2 Å². The first kappa shape index (κ1) is 12.3. The Balaban J connectivity index is 1.99. The molecule has 0 aliphatic heterocycles. The van der Waals surface area contributed by atoms with Gasteiger partial charge < -0.3 is 10.4 Å². The Hall–Kier alpha value is -1.18. The average molecular weight is 233 g/mol. The predicted molar refractivity (Wildman–Crippen MR) is 72.4 cm³/mol. The van der Waals surface area contributed by atoms with Crippen LogP contribution in [0.1, 0.15) is 38.7 Å². The van der Waals surface area contributed by atoms with Gasteiger partial charge in [-0.3, -0.25) is 0 Å². The Kier molecular flexibility index (Phi) is 3.60. The second kappa shape index (κ2) is 4.99. The van der Waals surface area contributed by atoms with Crippen molar-refractivity contribution in [1.82, 2.24) is 0 Å². The van der Waals surface area contributed by atoms with Gasteiger partial charge in [-0.25, -0.2) is 0 Å². The zero-order valence-corrected chi connectivity index (χ0v) is 11.0. The number of nitrogens with one attached hydrogen (secondary N) is 1. The maximum Gasteiger partial charge on any atom is 0.118 e. The molecule has 1 fully saturated rings. The maximum atomic E-state index is 9.50. The molecule has 1 aliphatic rings. The standard InChI is InChI=1S/C15H23NO/c1-10-4-5-13(8-11(10)2)16-14-6-7-15(17)12(3)9-14/h6-7,9-11,13,16-17H,4-5,8H2,1-3H3. The molecule has 0 heterocycles. The van der Waals surface area contributed by atoms with Crippen LogP contribution in [0.5, 0.6) is 5.75 Å². The van der Waals surface area contributed by atoms with Crippen LogP contribution in [0.2, 0.25) is 0 Å². The van der Waals surface area contributed by atoms with Gasteiger partial charge in [0.05, 0.1) is 0 Å². The molecule has 94 valence electrons. The van der Waals surface area contributed by atoms with Gasteiger partial charge in [0.25, 0.3) is 0 Å². The maximum absolute atomic E-state index is 9.50. The summed E-state index contributed by atoms with van der Waals surface area (Å²) in [4.78, 5) is 0. The van der Waals surface area contributed by atoms with E-state index in [1.165, 1.54) is 19.3 Å². The average Bonchev–Trinajstić information content (AvgIpc) is 2.29. The molecular formula is C15H23NO. The Bertz CT molecular complexity index is 389. The molecule has 1 aromatic carbocycles. The zero-order valence-electron chi connectivity index (χ0n) is 11.0. The molecule has 2 rings (SSSR count). The highest BCUT2D eigenvalue weighted by molar-refractivity contribution is 5.50. The van der Waals surface area contributed by atoms with Crippen molar-refractivity contribution in [3.05, 3.63) is 23.8 Å². The second-order valence-corrected chi connectivity index (χ2v) is 5.61. The minimum Gasteiger partial charge on any atom is -0.508 e. The van der Waals surface area contributed by atoms with E-state index in [1.807, 2.05) is 19.1 Å². The molecule has 0 saturated heterocycles. The fourth-order valence-electron chi connectivity index (χ4n) is 2.66. The lowest BCUT2D eigenvalue weighted by atomic mass is 9.79. The molecule has 17 heavy (non-hydrogen) atoms. The Morgan fingerprint density at radius 3 is 2.59 bits per heavy atom. The summed E-state index contributed by atoms with van der Waals surface area (Å²) in [6.45, 7) is 6.64. The normalized spacial score (nSPS) is 29.0. The van der Waals surface area contributed by atoms with Gasteiger partial charge in [0.15, 0.2) is 0 Å². The number of phenolic OH excluding ortho intramolecular Hbond substituents is 1. The summed E-state index contributed by atoms with van der Waals surface area (Å²) in [6.07, 6.45) is 3.82. The van der Waals surface area contributed by atoms with E-state index in [1.54, 1.807) is 6.07 Å². The lowest BCUT2D eigenvalue weighted by molar-refractivity contribution is 0.261. The third kappa shape index (κ3) is 2.93. The van der Waals surface area contributed by atoms with Crippen molar-refractivity contribution in [3.8, 4) is 5.75 Å². The van der Waals surface area contributed by atoms with Crippen molar-refractivity contribution in [1.29, 1.82) is 0 Å². The lowest BCUT2D eigenvalue weighted by Crippen LogP contribution is -2.30. The fraction of sp³-hybridized carbons (Fsp3) is 0.600. The number of aryl methyl sites for hydroxylation is 1. The smallest absolute Gasteiger partial charge is 0.118 e. The van der Waals surface area contributed by atoms with Crippen molar-refractivity contribution >= 4 is 5.69 Å². The van der Waals surface area contributed by atoms with Gasteiger partial charge in [-0.05, 0) is 61.8 Å². The van der Waals surface area contributed by atoms with Crippen molar-refractivity contribution in [2.75, 3.05) is 5.32 Å². The minimum atomic E-state index is 0.376. The summed E-state index contributed by atoms with van der Waals surface area (Å²) in [5, 5.41) is 13.1. The van der Waals surface area contributed by atoms with Crippen LogP contribution < -0.4 is 5.32 Å².